The van der Waals surface area contributed by atoms with Crippen LogP contribution >= 0.6 is 0 Å². The van der Waals surface area contributed by atoms with Crippen molar-refractivity contribution in [1.82, 2.24) is 4.90 Å². The molecular formula is C12H14F3NO2. The van der Waals surface area contributed by atoms with Crippen LogP contribution in [0.3, 0.4) is 0 Å². The van der Waals surface area contributed by atoms with Gasteiger partial charge in [-0.05, 0) is 17.7 Å². The molecule has 0 heterocycles. The molecule has 0 N–H and O–H groups in total. The highest BCUT2D eigenvalue weighted by Crippen LogP contribution is 2.23. The van der Waals surface area contributed by atoms with Gasteiger partial charge in [0.1, 0.15) is 0 Å². The summed E-state index contributed by atoms with van der Waals surface area (Å²) in [5, 5.41) is 0. The van der Waals surface area contributed by atoms with Gasteiger partial charge >= 0.3 is 12.3 Å². The summed E-state index contributed by atoms with van der Waals surface area (Å²) in [5.74, 6) is -0.563. The maximum Gasteiger partial charge on any atom is 0.460 e. The van der Waals surface area contributed by atoms with E-state index in [2.05, 4.69) is 4.74 Å². The molecule has 1 aromatic carbocycles. The van der Waals surface area contributed by atoms with Gasteiger partial charge in [-0.3, -0.25) is 0 Å². The molecule has 0 amide bonds. The smallest absolute Gasteiger partial charge is 0.460 e. The molecule has 0 saturated heterocycles. The first-order chi connectivity index (χ1) is 8.38. The summed E-state index contributed by atoms with van der Waals surface area (Å²) < 4.78 is 42.2. The first-order valence-corrected chi connectivity index (χ1v) is 5.37. The van der Waals surface area contributed by atoms with E-state index in [1.807, 2.05) is 0 Å². The summed E-state index contributed by atoms with van der Waals surface area (Å²) in [6.45, 7) is 0.994. The summed E-state index contributed by atoms with van der Waals surface area (Å²) in [5.41, 5.74) is 0.658. The minimum absolute atomic E-state index is 0.147. The van der Waals surface area contributed by atoms with Crippen LogP contribution in [0.2, 0.25) is 0 Å². The van der Waals surface area contributed by atoms with E-state index in [4.69, 9.17) is 0 Å². The van der Waals surface area contributed by atoms with E-state index in [1.165, 1.54) is 32.2 Å². The van der Waals surface area contributed by atoms with E-state index < -0.39 is 12.3 Å². The zero-order valence-electron chi connectivity index (χ0n) is 10.1. The zero-order chi connectivity index (χ0) is 13.8. The number of nitrogens with zero attached hydrogens (tertiary/aromatic N) is 1. The number of rotatable bonds is 4. The number of methoxy groups -OCH3 is 1. The number of alkyl halides is 3. The van der Waals surface area contributed by atoms with Crippen LogP contribution in [0, 0.1) is 0 Å². The topological polar surface area (TPSA) is 29.5 Å². The maximum atomic E-state index is 12.6. The van der Waals surface area contributed by atoms with E-state index in [-0.39, 0.29) is 18.7 Å². The van der Waals surface area contributed by atoms with Gasteiger partial charge in [0.2, 0.25) is 0 Å². The normalized spacial score (nSPS) is 11.7. The third-order valence-electron chi connectivity index (χ3n) is 2.46. The molecule has 0 unspecified atom stereocenters. The van der Waals surface area contributed by atoms with Crippen molar-refractivity contribution in [2.45, 2.75) is 19.8 Å². The zero-order valence-corrected chi connectivity index (χ0v) is 10.1. The van der Waals surface area contributed by atoms with Crippen LogP contribution in [0.4, 0.5) is 13.2 Å². The van der Waals surface area contributed by atoms with Crippen LogP contribution in [0.5, 0.6) is 0 Å². The van der Waals surface area contributed by atoms with Crippen LogP contribution in [-0.4, -0.2) is 30.8 Å². The van der Waals surface area contributed by atoms with Gasteiger partial charge in [0.15, 0.2) is 0 Å². The second kappa shape index (κ2) is 5.86. The highest BCUT2D eigenvalue weighted by molar-refractivity contribution is 5.89. The van der Waals surface area contributed by atoms with Crippen molar-refractivity contribution in [3.63, 3.8) is 0 Å². The molecule has 1 rings (SSSR count). The molecule has 0 fully saturated rings. The highest BCUT2D eigenvalue weighted by atomic mass is 19.4. The second-order valence-electron chi connectivity index (χ2n) is 3.67. The fourth-order valence-corrected chi connectivity index (χ4v) is 1.52. The Morgan fingerprint density at radius 3 is 2.56 bits per heavy atom. The molecule has 1 aromatic rings. The molecule has 0 saturated carbocycles. The van der Waals surface area contributed by atoms with Crippen molar-refractivity contribution in [1.29, 1.82) is 0 Å². The monoisotopic (exact) mass is 261 g/mol. The number of halogens is 3. The van der Waals surface area contributed by atoms with Gasteiger partial charge in [0.05, 0.1) is 12.7 Å². The fourth-order valence-electron chi connectivity index (χ4n) is 1.52. The minimum atomic E-state index is -4.38. The second-order valence-corrected chi connectivity index (χ2v) is 3.67. The Morgan fingerprint density at radius 1 is 1.39 bits per heavy atom. The lowest BCUT2D eigenvalue weighted by atomic mass is 10.1. The molecule has 0 atom stereocenters. The third kappa shape index (κ3) is 3.73. The molecule has 0 bridgehead atoms. The number of esters is 1. The van der Waals surface area contributed by atoms with Crippen molar-refractivity contribution in [3.05, 3.63) is 35.4 Å². The predicted molar refractivity (Wildman–Crippen MR) is 59.9 cm³/mol. The van der Waals surface area contributed by atoms with Gasteiger partial charge in [-0.25, -0.2) is 9.69 Å². The third-order valence-corrected chi connectivity index (χ3v) is 2.46. The van der Waals surface area contributed by atoms with Gasteiger partial charge in [0, 0.05) is 13.1 Å². The van der Waals surface area contributed by atoms with E-state index >= 15 is 0 Å². The van der Waals surface area contributed by atoms with Crippen molar-refractivity contribution in [3.8, 4) is 0 Å². The Labute approximate surface area is 103 Å². The van der Waals surface area contributed by atoms with Crippen molar-refractivity contribution >= 4 is 5.97 Å². The SMILES string of the molecule is CCN(Cc1cccc(C(=O)OC)c1)C(F)(F)F. The Balaban J connectivity index is 2.87. The summed E-state index contributed by atoms with van der Waals surface area (Å²) in [7, 11) is 1.23. The Bertz CT molecular complexity index is 418. The maximum absolute atomic E-state index is 12.6. The van der Waals surface area contributed by atoms with Gasteiger partial charge in [-0.15, -0.1) is 0 Å². The van der Waals surface area contributed by atoms with Gasteiger partial charge < -0.3 is 4.74 Å². The van der Waals surface area contributed by atoms with Gasteiger partial charge in [-0.2, -0.15) is 13.2 Å². The van der Waals surface area contributed by atoms with Crippen molar-refractivity contribution in [2.24, 2.45) is 0 Å². The summed E-state index contributed by atoms with van der Waals surface area (Å²) in [6.07, 6.45) is -4.38. The van der Waals surface area contributed by atoms with Crippen LogP contribution in [-0.2, 0) is 11.3 Å². The number of carbonyl (C=O) groups is 1. The molecule has 6 heteroatoms. The van der Waals surface area contributed by atoms with E-state index in [0.29, 0.717) is 10.5 Å². The van der Waals surface area contributed by atoms with Crippen molar-refractivity contribution in [2.75, 3.05) is 13.7 Å². The number of hydrogen-bond acceptors (Lipinski definition) is 3. The average Bonchev–Trinajstić information content (AvgIpc) is 2.33. The van der Waals surface area contributed by atoms with Crippen LogP contribution in [0.1, 0.15) is 22.8 Å². The molecule has 0 aromatic heterocycles. The first kappa shape index (κ1) is 14.5. The Morgan fingerprint density at radius 2 is 2.06 bits per heavy atom. The summed E-state index contributed by atoms with van der Waals surface area (Å²) in [4.78, 5) is 11.6. The standard InChI is InChI=1S/C12H14F3NO2/c1-3-16(12(13,14)15)8-9-5-4-6-10(7-9)11(17)18-2/h4-7H,3,8H2,1-2H3. The first-order valence-electron chi connectivity index (χ1n) is 5.37. The number of ether oxygens (including phenoxy) is 1. The highest BCUT2D eigenvalue weighted by Gasteiger charge is 2.35. The molecule has 0 aliphatic carbocycles. The lowest BCUT2D eigenvalue weighted by Crippen LogP contribution is -2.37. The molecule has 0 spiro atoms. The lowest BCUT2D eigenvalue weighted by molar-refractivity contribution is -0.247. The molecule has 18 heavy (non-hydrogen) atoms. The van der Waals surface area contributed by atoms with Crippen LogP contribution in [0.15, 0.2) is 24.3 Å². The van der Waals surface area contributed by atoms with E-state index in [9.17, 15) is 18.0 Å². The summed E-state index contributed by atoms with van der Waals surface area (Å²) in [6, 6.07) is 5.98. The number of benzene rings is 1. The van der Waals surface area contributed by atoms with E-state index in [1.54, 1.807) is 6.07 Å². The number of hydrogen-bond donors (Lipinski definition) is 0. The lowest BCUT2D eigenvalue weighted by Gasteiger charge is -2.23. The molecular weight excluding hydrogens is 247 g/mol. The predicted octanol–water partition coefficient (Wildman–Crippen LogP) is 2.81. The van der Waals surface area contributed by atoms with Gasteiger partial charge in [0.25, 0.3) is 0 Å². The molecule has 0 radical (unpaired) electrons. The van der Waals surface area contributed by atoms with Crippen molar-refractivity contribution < 1.29 is 22.7 Å². The molecule has 0 aliphatic rings. The van der Waals surface area contributed by atoms with E-state index in [0.717, 1.165) is 0 Å². The molecule has 0 aliphatic heterocycles. The van der Waals surface area contributed by atoms with Crippen LogP contribution < -0.4 is 0 Å². The largest absolute Gasteiger partial charge is 0.465 e. The quantitative estimate of drug-likeness (QED) is 0.616. The summed E-state index contributed by atoms with van der Waals surface area (Å²) >= 11 is 0. The van der Waals surface area contributed by atoms with Crippen LogP contribution in [0.25, 0.3) is 0 Å². The number of carbonyl (C=O) groups excluding carboxylic acids is 1. The molecule has 100 valence electrons. The average molecular weight is 261 g/mol. The molecule has 3 nitrogen and oxygen atoms in total. The Hall–Kier alpha value is -1.56. The Kier molecular flexibility index (Phi) is 4.72. The fraction of sp³-hybridized carbons (Fsp3) is 0.417. The van der Waals surface area contributed by atoms with Gasteiger partial charge in [-0.1, -0.05) is 19.1 Å². The minimum Gasteiger partial charge on any atom is -0.465 e.